The van der Waals surface area contributed by atoms with E-state index in [1.807, 2.05) is 6.92 Å². The first-order valence-corrected chi connectivity index (χ1v) is 11.0. The number of fused-ring (bicyclic) bond motifs is 1. The van der Waals surface area contributed by atoms with Gasteiger partial charge in [-0.1, -0.05) is 0 Å². The molecule has 1 aromatic carbocycles. The zero-order valence-corrected chi connectivity index (χ0v) is 18.1. The van der Waals surface area contributed by atoms with E-state index in [1.54, 1.807) is 7.11 Å². The molecular weight excluding hydrogens is 400 g/mol. The van der Waals surface area contributed by atoms with E-state index in [-0.39, 0.29) is 12.6 Å². The molecule has 0 amide bonds. The summed E-state index contributed by atoms with van der Waals surface area (Å²) >= 11 is 1.32. The molecule has 0 atom stereocenters. The fourth-order valence-electron chi connectivity index (χ4n) is 3.69. The molecule has 0 unspecified atom stereocenters. The maximum Gasteiger partial charge on any atom is 0.348 e. The van der Waals surface area contributed by atoms with Crippen molar-refractivity contribution >= 4 is 44.7 Å². The van der Waals surface area contributed by atoms with Gasteiger partial charge in [-0.2, -0.15) is 0 Å². The van der Waals surface area contributed by atoms with E-state index >= 15 is 0 Å². The van der Waals surface area contributed by atoms with Crippen molar-refractivity contribution in [3.8, 4) is 0 Å². The predicted molar refractivity (Wildman–Crippen MR) is 120 cm³/mol. The first-order chi connectivity index (χ1) is 14.7. The van der Waals surface area contributed by atoms with E-state index in [9.17, 15) is 4.79 Å². The van der Waals surface area contributed by atoms with E-state index in [1.165, 1.54) is 42.6 Å². The lowest BCUT2D eigenvalue weighted by Gasteiger charge is -2.28. The zero-order valence-electron chi connectivity index (χ0n) is 17.3. The van der Waals surface area contributed by atoms with Gasteiger partial charge >= 0.3 is 5.97 Å². The first kappa shape index (κ1) is 20.6. The molecule has 30 heavy (non-hydrogen) atoms. The van der Waals surface area contributed by atoms with Crippen LogP contribution in [0.25, 0.3) is 10.2 Å². The molecule has 0 aliphatic carbocycles. The number of hydrogen-bond donors (Lipinski definition) is 1. The second kappa shape index (κ2) is 9.40. The summed E-state index contributed by atoms with van der Waals surface area (Å²) in [6.07, 6.45) is 5.35. The average Bonchev–Trinajstić information content (AvgIpc) is 3.12. The third-order valence-corrected chi connectivity index (χ3v) is 6.46. The molecule has 1 aliphatic rings. The van der Waals surface area contributed by atoms with Gasteiger partial charge in [0.1, 0.15) is 28.5 Å². The number of rotatable bonds is 7. The number of nitrogens with one attached hydrogen (secondary N) is 1. The fourth-order valence-corrected chi connectivity index (χ4v) is 4.73. The number of anilines is 3. The average molecular weight is 427 g/mol. The molecule has 3 aromatic rings. The number of thiophene rings is 1. The van der Waals surface area contributed by atoms with Crippen LogP contribution in [0.2, 0.25) is 0 Å². The highest BCUT2D eigenvalue weighted by atomic mass is 32.1. The van der Waals surface area contributed by atoms with Crippen molar-refractivity contribution in [2.75, 3.05) is 43.6 Å². The summed E-state index contributed by atoms with van der Waals surface area (Å²) in [7, 11) is 1.57. The molecule has 1 saturated heterocycles. The van der Waals surface area contributed by atoms with Gasteiger partial charge < -0.3 is 19.7 Å². The van der Waals surface area contributed by atoms with Crippen LogP contribution in [0.4, 0.5) is 17.2 Å². The molecule has 8 heteroatoms. The SMILES string of the molecule is COCCOC(=O)c1sc2ncnc(Nc3ccc(N4CCCCC4)cc3)c2c1C. The van der Waals surface area contributed by atoms with E-state index in [0.717, 1.165) is 34.6 Å². The number of carbonyl (C=O) groups is 1. The lowest BCUT2D eigenvalue weighted by Crippen LogP contribution is -2.29. The highest BCUT2D eigenvalue weighted by Gasteiger charge is 2.20. The number of esters is 1. The van der Waals surface area contributed by atoms with Crippen LogP contribution in [0.1, 0.15) is 34.5 Å². The number of aryl methyl sites for hydroxylation is 1. The van der Waals surface area contributed by atoms with Crippen molar-refractivity contribution in [2.24, 2.45) is 0 Å². The molecule has 0 spiro atoms. The summed E-state index contributed by atoms with van der Waals surface area (Å²) in [6, 6.07) is 8.43. The zero-order chi connectivity index (χ0) is 20.9. The van der Waals surface area contributed by atoms with Gasteiger partial charge in [0.25, 0.3) is 0 Å². The molecule has 158 valence electrons. The lowest BCUT2D eigenvalue weighted by molar-refractivity contribution is 0.0393. The molecule has 0 saturated carbocycles. The van der Waals surface area contributed by atoms with Crippen LogP contribution in [-0.4, -0.2) is 49.4 Å². The Balaban J connectivity index is 1.54. The number of hydrogen-bond acceptors (Lipinski definition) is 8. The molecule has 7 nitrogen and oxygen atoms in total. The second-order valence-corrected chi connectivity index (χ2v) is 8.31. The van der Waals surface area contributed by atoms with Crippen LogP contribution in [0, 0.1) is 6.92 Å². The summed E-state index contributed by atoms with van der Waals surface area (Å²) in [4.78, 5) is 24.9. The van der Waals surface area contributed by atoms with Gasteiger partial charge in [-0.05, 0) is 56.0 Å². The maximum atomic E-state index is 12.4. The van der Waals surface area contributed by atoms with Crippen molar-refractivity contribution < 1.29 is 14.3 Å². The molecule has 3 heterocycles. The summed E-state index contributed by atoms with van der Waals surface area (Å²) in [5.41, 5.74) is 3.02. The van der Waals surface area contributed by atoms with Gasteiger partial charge in [0.05, 0.1) is 12.0 Å². The smallest absolute Gasteiger partial charge is 0.348 e. The van der Waals surface area contributed by atoms with Crippen molar-refractivity contribution in [3.05, 3.63) is 41.0 Å². The molecule has 4 rings (SSSR count). The van der Waals surface area contributed by atoms with Crippen molar-refractivity contribution in [2.45, 2.75) is 26.2 Å². The molecule has 1 fully saturated rings. The highest BCUT2D eigenvalue weighted by Crippen LogP contribution is 2.35. The third-order valence-electron chi connectivity index (χ3n) is 5.28. The van der Waals surface area contributed by atoms with Crippen LogP contribution in [0.5, 0.6) is 0 Å². The number of aromatic nitrogens is 2. The Morgan fingerprint density at radius 2 is 1.90 bits per heavy atom. The number of carbonyl (C=O) groups excluding carboxylic acids is 1. The molecule has 0 radical (unpaired) electrons. The number of benzene rings is 1. The molecule has 1 aliphatic heterocycles. The number of piperidine rings is 1. The Hall–Kier alpha value is -2.71. The van der Waals surface area contributed by atoms with Gasteiger partial charge in [-0.25, -0.2) is 14.8 Å². The fraction of sp³-hybridized carbons (Fsp3) is 0.409. The molecule has 0 bridgehead atoms. The largest absolute Gasteiger partial charge is 0.459 e. The van der Waals surface area contributed by atoms with E-state index in [2.05, 4.69) is 44.5 Å². The van der Waals surface area contributed by atoms with Crippen LogP contribution in [-0.2, 0) is 9.47 Å². The number of methoxy groups -OCH3 is 1. The standard InChI is InChI=1S/C22H26N4O3S/c1-15-18-20(23-14-24-21(18)30-19(15)22(27)29-13-12-28-2)25-16-6-8-17(9-7-16)26-10-4-3-5-11-26/h6-9,14H,3-5,10-13H2,1-2H3,(H,23,24,25). The Morgan fingerprint density at radius 3 is 2.63 bits per heavy atom. The Labute approximate surface area is 180 Å². The van der Waals surface area contributed by atoms with E-state index < -0.39 is 0 Å². The first-order valence-electron chi connectivity index (χ1n) is 10.2. The van der Waals surface area contributed by atoms with Gasteiger partial charge in [0, 0.05) is 31.6 Å². The summed E-state index contributed by atoms with van der Waals surface area (Å²) in [5.74, 6) is 0.333. The van der Waals surface area contributed by atoms with Crippen molar-refractivity contribution in [1.29, 1.82) is 0 Å². The van der Waals surface area contributed by atoms with Crippen LogP contribution < -0.4 is 10.2 Å². The maximum absolute atomic E-state index is 12.4. The second-order valence-electron chi connectivity index (χ2n) is 7.31. The number of ether oxygens (including phenoxy) is 2. The molecule has 2 aromatic heterocycles. The molecular formula is C22H26N4O3S. The van der Waals surface area contributed by atoms with Crippen molar-refractivity contribution in [1.82, 2.24) is 9.97 Å². The van der Waals surface area contributed by atoms with E-state index in [4.69, 9.17) is 9.47 Å². The van der Waals surface area contributed by atoms with Crippen LogP contribution >= 0.6 is 11.3 Å². The lowest BCUT2D eigenvalue weighted by atomic mass is 10.1. The predicted octanol–water partition coefficient (Wildman–Crippen LogP) is 4.54. The van der Waals surface area contributed by atoms with Gasteiger partial charge in [0.2, 0.25) is 0 Å². The summed E-state index contributed by atoms with van der Waals surface area (Å²) in [5, 5.41) is 4.24. The Bertz CT molecular complexity index is 1010. The minimum Gasteiger partial charge on any atom is -0.459 e. The minimum absolute atomic E-state index is 0.225. The normalized spacial score (nSPS) is 14.1. The quantitative estimate of drug-likeness (QED) is 0.439. The topological polar surface area (TPSA) is 76.6 Å². The summed E-state index contributed by atoms with van der Waals surface area (Å²) < 4.78 is 10.2. The van der Waals surface area contributed by atoms with Crippen LogP contribution in [0.15, 0.2) is 30.6 Å². The monoisotopic (exact) mass is 426 g/mol. The highest BCUT2D eigenvalue weighted by molar-refractivity contribution is 7.20. The number of nitrogens with zero attached hydrogens (tertiary/aromatic N) is 3. The van der Waals surface area contributed by atoms with Gasteiger partial charge in [-0.15, -0.1) is 11.3 Å². The minimum atomic E-state index is -0.357. The van der Waals surface area contributed by atoms with E-state index in [0.29, 0.717) is 17.3 Å². The van der Waals surface area contributed by atoms with Gasteiger partial charge in [-0.3, -0.25) is 0 Å². The summed E-state index contributed by atoms with van der Waals surface area (Å²) in [6.45, 7) is 4.74. The third kappa shape index (κ3) is 4.39. The van der Waals surface area contributed by atoms with Crippen LogP contribution in [0.3, 0.4) is 0 Å². The van der Waals surface area contributed by atoms with Crippen molar-refractivity contribution in [3.63, 3.8) is 0 Å². The van der Waals surface area contributed by atoms with Gasteiger partial charge in [0.15, 0.2) is 0 Å². The Kier molecular flexibility index (Phi) is 6.44. The Morgan fingerprint density at radius 1 is 1.13 bits per heavy atom. The molecule has 1 N–H and O–H groups in total.